The molecule has 11 heavy (non-hydrogen) atoms. The van der Waals surface area contributed by atoms with Gasteiger partial charge in [-0.05, 0) is 17.4 Å². The van der Waals surface area contributed by atoms with Crippen molar-refractivity contribution in [3.8, 4) is 0 Å². The molecule has 0 heterocycles. The molecule has 0 bridgehead atoms. The van der Waals surface area contributed by atoms with Gasteiger partial charge in [0, 0.05) is 0 Å². The predicted molar refractivity (Wildman–Crippen MR) is 48.2 cm³/mol. The van der Waals surface area contributed by atoms with E-state index in [0.717, 1.165) is 25.7 Å². The van der Waals surface area contributed by atoms with Gasteiger partial charge in [0.05, 0.1) is 0 Å². The molecular weight excluding hydrogens is 159 g/mol. The van der Waals surface area contributed by atoms with Crippen LogP contribution in [0.15, 0.2) is 12.7 Å². The lowest BCUT2D eigenvalue weighted by atomic mass is 10.1. The highest BCUT2D eigenvalue weighted by Gasteiger charge is 2.10. The first-order valence-corrected chi connectivity index (χ1v) is 4.80. The van der Waals surface area contributed by atoms with Crippen LogP contribution in [0.4, 0.5) is 0 Å². The van der Waals surface area contributed by atoms with Crippen LogP contribution in [0.25, 0.3) is 0 Å². The van der Waals surface area contributed by atoms with Gasteiger partial charge in [0.1, 0.15) is 6.10 Å². The maximum absolute atomic E-state index is 10.1. The summed E-state index contributed by atoms with van der Waals surface area (Å²) in [6.07, 6.45) is 5.98. The molecule has 64 valence electrons. The van der Waals surface area contributed by atoms with Gasteiger partial charge in [0.2, 0.25) is 0 Å². The Morgan fingerprint density at radius 1 is 1.73 bits per heavy atom. The highest BCUT2D eigenvalue weighted by Crippen LogP contribution is 2.14. The highest BCUT2D eigenvalue weighted by molar-refractivity contribution is 7.17. The zero-order chi connectivity index (χ0) is 8.53. The van der Waals surface area contributed by atoms with E-state index in [2.05, 4.69) is 13.5 Å². The van der Waals surface area contributed by atoms with E-state index in [4.69, 9.17) is 4.52 Å². The van der Waals surface area contributed by atoms with Gasteiger partial charge in [-0.25, -0.2) is 0 Å². The third-order valence-electron chi connectivity index (χ3n) is 1.52. The number of hydrogen-bond acceptors (Lipinski definition) is 2. The van der Waals surface area contributed by atoms with Gasteiger partial charge in [-0.15, -0.1) is 11.1 Å². The zero-order valence-corrected chi connectivity index (χ0v) is 8.01. The van der Waals surface area contributed by atoms with Crippen LogP contribution in [-0.2, 0) is 9.09 Å². The van der Waals surface area contributed by atoms with E-state index in [-0.39, 0.29) is 6.10 Å². The van der Waals surface area contributed by atoms with Crippen LogP contribution in [0.2, 0.25) is 0 Å². The second-order valence-corrected chi connectivity index (χ2v) is 2.89. The van der Waals surface area contributed by atoms with E-state index < -0.39 is 8.69 Å². The Hall–Kier alpha value is -0.200. The Balaban J connectivity index is 3.49. The fourth-order valence-electron chi connectivity index (χ4n) is 0.911. The number of hydrogen-bond donors (Lipinski definition) is 0. The molecule has 0 aliphatic carbocycles. The summed E-state index contributed by atoms with van der Waals surface area (Å²) in [5, 5.41) is 0. The van der Waals surface area contributed by atoms with Gasteiger partial charge in [0.25, 0.3) is 0 Å². The molecule has 0 aliphatic heterocycles. The Labute approximate surface area is 69.9 Å². The minimum atomic E-state index is -0.639. The van der Waals surface area contributed by atoms with Gasteiger partial charge in [0.15, 0.2) is 0 Å². The van der Waals surface area contributed by atoms with Crippen molar-refractivity contribution >= 4 is 8.69 Å². The average molecular weight is 175 g/mol. The van der Waals surface area contributed by atoms with Crippen LogP contribution >= 0.6 is 8.69 Å². The summed E-state index contributed by atoms with van der Waals surface area (Å²) in [5.74, 6) is 0. The van der Waals surface area contributed by atoms with E-state index in [1.165, 1.54) is 0 Å². The van der Waals surface area contributed by atoms with Crippen LogP contribution in [0.1, 0.15) is 32.6 Å². The molecule has 3 heteroatoms. The molecule has 2 unspecified atom stereocenters. The minimum absolute atomic E-state index is 0.114. The van der Waals surface area contributed by atoms with E-state index in [0.29, 0.717) is 0 Å². The monoisotopic (exact) mass is 175 g/mol. The second kappa shape index (κ2) is 7.90. The first-order valence-electron chi connectivity index (χ1n) is 3.98. The molecule has 0 N–H and O–H groups in total. The maximum Gasteiger partial charge on any atom is 0.494 e. The first kappa shape index (κ1) is 10.8. The van der Waals surface area contributed by atoms with Crippen molar-refractivity contribution in [2.45, 2.75) is 38.7 Å². The summed E-state index contributed by atoms with van der Waals surface area (Å²) < 4.78 is 15.1. The molecule has 0 spiro atoms. The van der Waals surface area contributed by atoms with E-state index >= 15 is 0 Å². The largest absolute Gasteiger partial charge is 0.494 e. The third-order valence-corrected chi connectivity index (χ3v) is 1.95. The lowest BCUT2D eigenvalue weighted by molar-refractivity contribution is 0.212. The molecule has 0 rings (SSSR count). The van der Waals surface area contributed by atoms with Crippen molar-refractivity contribution in [3.05, 3.63) is 12.7 Å². The van der Waals surface area contributed by atoms with Crippen molar-refractivity contribution in [2.24, 2.45) is 0 Å². The van der Waals surface area contributed by atoms with Crippen LogP contribution < -0.4 is 0 Å². The lowest BCUT2D eigenvalue weighted by Gasteiger charge is -2.04. The fourth-order valence-corrected chi connectivity index (χ4v) is 1.26. The van der Waals surface area contributed by atoms with Gasteiger partial charge in [-0.3, -0.25) is 0 Å². The average Bonchev–Trinajstić information content (AvgIpc) is 2.01. The molecule has 2 atom stereocenters. The molecule has 2 nitrogen and oxygen atoms in total. The molecule has 0 aromatic heterocycles. The topological polar surface area (TPSA) is 26.3 Å². The van der Waals surface area contributed by atoms with E-state index in [1.54, 1.807) is 6.08 Å². The quantitative estimate of drug-likeness (QED) is 0.439. The minimum Gasteiger partial charge on any atom is -0.144 e. The second-order valence-electron chi connectivity index (χ2n) is 2.49. The molecule has 0 saturated heterocycles. The van der Waals surface area contributed by atoms with Crippen molar-refractivity contribution in [1.82, 2.24) is 0 Å². The summed E-state index contributed by atoms with van der Waals surface area (Å²) in [6, 6.07) is 0. The zero-order valence-electron chi connectivity index (χ0n) is 7.01. The Morgan fingerprint density at radius 2 is 2.45 bits per heavy atom. The standard InChI is InChI=1S/C8H16O2P/c1-3-5-7-8(6-4-2)10-11-9/h4,8,11H,2-3,5-7H2,1H3/q+1. The van der Waals surface area contributed by atoms with Gasteiger partial charge < -0.3 is 0 Å². The van der Waals surface area contributed by atoms with Crippen LogP contribution in [0.3, 0.4) is 0 Å². The molecule has 0 fully saturated rings. The third kappa shape index (κ3) is 6.21. The van der Waals surface area contributed by atoms with Crippen LogP contribution in [0.5, 0.6) is 0 Å². The van der Waals surface area contributed by atoms with Gasteiger partial charge >= 0.3 is 8.69 Å². The SMILES string of the molecule is C=CCC(CCCC)O[PH+]=O. The molecule has 0 amide bonds. The normalized spacial score (nSPS) is 13.2. The Kier molecular flexibility index (Phi) is 7.76. The molecule has 0 aromatic rings. The maximum atomic E-state index is 10.1. The molecule has 0 radical (unpaired) electrons. The Bertz CT molecular complexity index is 105. The van der Waals surface area contributed by atoms with Gasteiger partial charge in [-0.2, -0.15) is 0 Å². The summed E-state index contributed by atoms with van der Waals surface area (Å²) in [4.78, 5) is 0. The summed E-state index contributed by atoms with van der Waals surface area (Å²) in [7, 11) is -0.639. The molecule has 0 aromatic carbocycles. The highest BCUT2D eigenvalue weighted by atomic mass is 31.1. The van der Waals surface area contributed by atoms with Crippen molar-refractivity contribution in [2.75, 3.05) is 0 Å². The van der Waals surface area contributed by atoms with E-state index in [1.807, 2.05) is 0 Å². The van der Waals surface area contributed by atoms with Crippen molar-refractivity contribution < 1.29 is 9.09 Å². The van der Waals surface area contributed by atoms with Crippen LogP contribution in [0, 0.1) is 0 Å². The summed E-state index contributed by atoms with van der Waals surface area (Å²) in [5.41, 5.74) is 0. The summed E-state index contributed by atoms with van der Waals surface area (Å²) in [6.45, 7) is 5.74. The van der Waals surface area contributed by atoms with Gasteiger partial charge in [-0.1, -0.05) is 25.8 Å². The molecular formula is C8H16O2P+. The summed E-state index contributed by atoms with van der Waals surface area (Å²) >= 11 is 0. The smallest absolute Gasteiger partial charge is 0.144 e. The molecule has 0 aliphatic rings. The van der Waals surface area contributed by atoms with Crippen molar-refractivity contribution in [3.63, 3.8) is 0 Å². The molecule has 0 saturated carbocycles. The van der Waals surface area contributed by atoms with E-state index in [9.17, 15) is 4.57 Å². The lowest BCUT2D eigenvalue weighted by Crippen LogP contribution is -2.05. The van der Waals surface area contributed by atoms with Crippen molar-refractivity contribution in [1.29, 1.82) is 0 Å². The number of unbranched alkanes of at least 4 members (excludes halogenated alkanes) is 1. The number of rotatable bonds is 7. The first-order chi connectivity index (χ1) is 5.35. The van der Waals surface area contributed by atoms with Crippen LogP contribution in [-0.4, -0.2) is 6.10 Å². The fraction of sp³-hybridized carbons (Fsp3) is 0.750. The predicted octanol–water partition coefficient (Wildman–Crippen LogP) is 3.08. The Morgan fingerprint density at radius 3 is 2.91 bits per heavy atom.